The maximum absolute atomic E-state index is 12.7. The van der Waals surface area contributed by atoms with Gasteiger partial charge in [0, 0.05) is 0 Å². The van der Waals surface area contributed by atoms with Crippen LogP contribution in [0.5, 0.6) is 0 Å². The standard InChI is InChI=1S/C19H36N4O6S/c1-10(2)8-13(21-16(25)12(20)6-7-30-5)17(26)22-14(9-24)18(27)23-15(11(3)4)19(28)29/h10-15,24H,6-9,20H2,1-5H3,(H,21,25)(H,22,26)(H,23,27)(H,28,29). The molecule has 0 saturated carbocycles. The number of aliphatic hydroxyl groups excluding tert-OH is 1. The lowest BCUT2D eigenvalue weighted by Crippen LogP contribution is -2.58. The molecule has 0 aliphatic heterocycles. The van der Waals surface area contributed by atoms with Crippen molar-refractivity contribution in [3.8, 4) is 0 Å². The fourth-order valence-electron chi connectivity index (χ4n) is 2.59. The van der Waals surface area contributed by atoms with Gasteiger partial charge < -0.3 is 31.9 Å². The van der Waals surface area contributed by atoms with Crippen molar-refractivity contribution in [2.75, 3.05) is 18.6 Å². The normalized spacial score (nSPS) is 15.2. The molecular formula is C19H36N4O6S. The van der Waals surface area contributed by atoms with Crippen molar-refractivity contribution in [2.24, 2.45) is 17.6 Å². The van der Waals surface area contributed by atoms with Crippen LogP contribution in [0.15, 0.2) is 0 Å². The number of nitrogens with two attached hydrogens (primary N) is 1. The number of hydrogen-bond acceptors (Lipinski definition) is 7. The monoisotopic (exact) mass is 448 g/mol. The lowest BCUT2D eigenvalue weighted by molar-refractivity contribution is -0.143. The number of rotatable bonds is 14. The van der Waals surface area contributed by atoms with Crippen LogP contribution in [0.25, 0.3) is 0 Å². The Kier molecular flexibility index (Phi) is 13.3. The number of carbonyl (C=O) groups is 4. The maximum atomic E-state index is 12.7. The fraction of sp³-hybridized carbons (Fsp3) is 0.789. The second-order valence-electron chi connectivity index (χ2n) is 7.89. The zero-order chi connectivity index (χ0) is 23.4. The van der Waals surface area contributed by atoms with Crippen molar-refractivity contribution in [1.29, 1.82) is 0 Å². The summed E-state index contributed by atoms with van der Waals surface area (Å²) in [4.78, 5) is 48.6. The molecule has 0 aliphatic carbocycles. The molecule has 4 unspecified atom stereocenters. The summed E-state index contributed by atoms with van der Waals surface area (Å²) in [6.45, 7) is 6.27. The highest BCUT2D eigenvalue weighted by Crippen LogP contribution is 2.07. The first-order valence-corrected chi connectivity index (χ1v) is 11.3. The summed E-state index contributed by atoms with van der Waals surface area (Å²) in [5.74, 6) is -2.80. The SMILES string of the molecule is CSCCC(N)C(=O)NC(CC(C)C)C(=O)NC(CO)C(=O)NC(C(=O)O)C(C)C. The number of carbonyl (C=O) groups excluding carboxylic acids is 3. The summed E-state index contributed by atoms with van der Waals surface area (Å²) >= 11 is 1.55. The molecule has 11 heteroatoms. The van der Waals surface area contributed by atoms with E-state index in [0.717, 1.165) is 0 Å². The Labute approximate surface area is 182 Å². The van der Waals surface area contributed by atoms with E-state index in [1.165, 1.54) is 0 Å². The molecule has 3 amide bonds. The van der Waals surface area contributed by atoms with E-state index in [-0.39, 0.29) is 5.92 Å². The molecule has 0 fully saturated rings. The Bertz CT molecular complexity index is 587. The van der Waals surface area contributed by atoms with Gasteiger partial charge in [0.1, 0.15) is 18.1 Å². The van der Waals surface area contributed by atoms with Gasteiger partial charge in [-0.3, -0.25) is 14.4 Å². The number of carboxylic acid groups (broad SMARTS) is 1. The molecule has 174 valence electrons. The van der Waals surface area contributed by atoms with E-state index in [1.54, 1.807) is 25.6 Å². The van der Waals surface area contributed by atoms with E-state index >= 15 is 0 Å². The Balaban J connectivity index is 5.18. The number of aliphatic carboxylic acids is 1. The first kappa shape index (κ1) is 28.1. The molecule has 7 N–H and O–H groups in total. The third-order valence-electron chi connectivity index (χ3n) is 4.36. The van der Waals surface area contributed by atoms with Gasteiger partial charge in [0.15, 0.2) is 0 Å². The molecule has 0 aromatic rings. The number of hydrogen-bond donors (Lipinski definition) is 6. The average Bonchev–Trinajstić information content (AvgIpc) is 2.66. The number of aliphatic hydroxyl groups is 1. The van der Waals surface area contributed by atoms with Crippen molar-refractivity contribution in [2.45, 2.75) is 64.7 Å². The molecule has 0 aromatic heterocycles. The Morgan fingerprint density at radius 2 is 1.47 bits per heavy atom. The minimum absolute atomic E-state index is 0.0576. The molecule has 0 rings (SSSR count). The third-order valence-corrected chi connectivity index (χ3v) is 5.00. The van der Waals surface area contributed by atoms with Crippen LogP contribution < -0.4 is 21.7 Å². The zero-order valence-corrected chi connectivity index (χ0v) is 19.1. The molecule has 0 spiro atoms. The fourth-order valence-corrected chi connectivity index (χ4v) is 3.08. The predicted molar refractivity (Wildman–Crippen MR) is 116 cm³/mol. The van der Waals surface area contributed by atoms with E-state index in [1.807, 2.05) is 20.1 Å². The van der Waals surface area contributed by atoms with Crippen molar-refractivity contribution in [1.82, 2.24) is 16.0 Å². The first-order chi connectivity index (χ1) is 13.9. The van der Waals surface area contributed by atoms with E-state index < -0.39 is 60.4 Å². The number of thioether (sulfide) groups is 1. The van der Waals surface area contributed by atoms with Crippen LogP contribution in [-0.2, 0) is 19.2 Å². The summed E-state index contributed by atoms with van der Waals surface area (Å²) in [5.41, 5.74) is 5.85. The van der Waals surface area contributed by atoms with Crippen LogP contribution in [0.3, 0.4) is 0 Å². The molecule has 0 aliphatic rings. The van der Waals surface area contributed by atoms with Gasteiger partial charge in [-0.25, -0.2) is 4.79 Å². The van der Waals surface area contributed by atoms with Crippen LogP contribution >= 0.6 is 11.8 Å². The van der Waals surface area contributed by atoms with Gasteiger partial charge in [-0.2, -0.15) is 11.8 Å². The summed E-state index contributed by atoms with van der Waals surface area (Å²) in [6, 6.07) is -4.22. The van der Waals surface area contributed by atoms with Gasteiger partial charge in [0.05, 0.1) is 12.6 Å². The molecule has 0 bridgehead atoms. The van der Waals surface area contributed by atoms with Crippen LogP contribution in [0.2, 0.25) is 0 Å². The van der Waals surface area contributed by atoms with Crippen LogP contribution in [0.1, 0.15) is 40.5 Å². The molecular weight excluding hydrogens is 412 g/mol. The number of amides is 3. The van der Waals surface area contributed by atoms with Gasteiger partial charge in [-0.1, -0.05) is 27.7 Å². The zero-order valence-electron chi connectivity index (χ0n) is 18.3. The van der Waals surface area contributed by atoms with Crippen molar-refractivity contribution < 1.29 is 29.4 Å². The lowest BCUT2D eigenvalue weighted by atomic mass is 10.0. The smallest absolute Gasteiger partial charge is 0.326 e. The van der Waals surface area contributed by atoms with E-state index in [2.05, 4.69) is 16.0 Å². The molecule has 30 heavy (non-hydrogen) atoms. The summed E-state index contributed by atoms with van der Waals surface area (Å²) in [6.07, 6.45) is 2.65. The van der Waals surface area contributed by atoms with Gasteiger partial charge in [0.25, 0.3) is 0 Å². The van der Waals surface area contributed by atoms with E-state index in [9.17, 15) is 29.4 Å². The van der Waals surface area contributed by atoms with Gasteiger partial charge in [-0.15, -0.1) is 0 Å². The highest BCUT2D eigenvalue weighted by Gasteiger charge is 2.31. The predicted octanol–water partition coefficient (Wildman–Crippen LogP) is -0.700. The first-order valence-electron chi connectivity index (χ1n) is 9.93. The maximum Gasteiger partial charge on any atom is 0.326 e. The van der Waals surface area contributed by atoms with Crippen LogP contribution in [0.4, 0.5) is 0 Å². The molecule has 4 atom stereocenters. The average molecular weight is 449 g/mol. The molecule has 0 aromatic carbocycles. The van der Waals surface area contributed by atoms with E-state index in [0.29, 0.717) is 18.6 Å². The van der Waals surface area contributed by atoms with Crippen LogP contribution in [-0.4, -0.2) is 76.7 Å². The van der Waals surface area contributed by atoms with Crippen molar-refractivity contribution >= 4 is 35.5 Å². The minimum atomic E-state index is -1.35. The van der Waals surface area contributed by atoms with Gasteiger partial charge in [0.2, 0.25) is 17.7 Å². The third kappa shape index (κ3) is 10.3. The second kappa shape index (κ2) is 14.2. The van der Waals surface area contributed by atoms with Gasteiger partial charge in [-0.05, 0) is 36.7 Å². The topological polar surface area (TPSA) is 171 Å². The van der Waals surface area contributed by atoms with Crippen molar-refractivity contribution in [3.05, 3.63) is 0 Å². The molecule has 10 nitrogen and oxygen atoms in total. The molecule has 0 radical (unpaired) electrons. The summed E-state index contributed by atoms with van der Waals surface area (Å²) < 4.78 is 0. The number of nitrogens with one attached hydrogen (secondary N) is 3. The highest BCUT2D eigenvalue weighted by atomic mass is 32.2. The Morgan fingerprint density at radius 1 is 0.933 bits per heavy atom. The molecule has 0 heterocycles. The quantitative estimate of drug-likeness (QED) is 0.202. The largest absolute Gasteiger partial charge is 0.480 e. The molecule has 0 saturated heterocycles. The second-order valence-corrected chi connectivity index (χ2v) is 8.88. The highest BCUT2D eigenvalue weighted by molar-refractivity contribution is 7.98. The lowest BCUT2D eigenvalue weighted by Gasteiger charge is -2.25. The summed E-state index contributed by atoms with van der Waals surface area (Å²) in [7, 11) is 0. The Hall–Kier alpha value is -1.85. The van der Waals surface area contributed by atoms with E-state index in [4.69, 9.17) is 5.73 Å². The Morgan fingerprint density at radius 3 is 1.90 bits per heavy atom. The minimum Gasteiger partial charge on any atom is -0.480 e. The summed E-state index contributed by atoms with van der Waals surface area (Å²) in [5, 5.41) is 26.0. The van der Waals surface area contributed by atoms with Crippen LogP contribution in [0, 0.1) is 11.8 Å². The number of carboxylic acids is 1. The van der Waals surface area contributed by atoms with Crippen molar-refractivity contribution in [3.63, 3.8) is 0 Å². The van der Waals surface area contributed by atoms with Gasteiger partial charge >= 0.3 is 5.97 Å².